The summed E-state index contributed by atoms with van der Waals surface area (Å²) in [6.45, 7) is 0. The van der Waals surface area contributed by atoms with Crippen molar-refractivity contribution in [1.29, 1.82) is 0 Å². The summed E-state index contributed by atoms with van der Waals surface area (Å²) >= 11 is 7.56. The van der Waals surface area contributed by atoms with Gasteiger partial charge in [0, 0.05) is 16.3 Å². The quantitative estimate of drug-likeness (QED) is 0.661. The van der Waals surface area contributed by atoms with Gasteiger partial charge in [-0.1, -0.05) is 29.8 Å². The van der Waals surface area contributed by atoms with Crippen LogP contribution in [0.25, 0.3) is 0 Å². The molecule has 2 aromatic carbocycles. The average Bonchev–Trinajstić information content (AvgIpc) is 2.28. The minimum absolute atomic E-state index is 0.227. The number of thioether (sulfide) groups is 1. The van der Waals surface area contributed by atoms with E-state index in [9.17, 15) is 4.39 Å². The molecule has 0 saturated heterocycles. The van der Waals surface area contributed by atoms with E-state index >= 15 is 0 Å². The fourth-order valence-electron chi connectivity index (χ4n) is 1.46. The Balaban J connectivity index is 2.13. The maximum Gasteiger partial charge on any atom is 0.123 e. The van der Waals surface area contributed by atoms with E-state index in [0.29, 0.717) is 16.5 Å². The van der Waals surface area contributed by atoms with Gasteiger partial charge in [-0.2, -0.15) is 0 Å². The van der Waals surface area contributed by atoms with Crippen molar-refractivity contribution in [3.8, 4) is 0 Å². The fourth-order valence-corrected chi connectivity index (χ4v) is 2.74. The summed E-state index contributed by atoms with van der Waals surface area (Å²) in [5.41, 5.74) is 7.40. The first kappa shape index (κ1) is 12.3. The van der Waals surface area contributed by atoms with Crippen molar-refractivity contribution in [2.24, 2.45) is 0 Å². The van der Waals surface area contributed by atoms with Crippen molar-refractivity contribution < 1.29 is 4.39 Å². The molecular formula is C13H11ClFNS. The van der Waals surface area contributed by atoms with Crippen LogP contribution in [0.3, 0.4) is 0 Å². The first-order valence-electron chi connectivity index (χ1n) is 5.08. The molecule has 0 atom stereocenters. The van der Waals surface area contributed by atoms with Crippen molar-refractivity contribution in [2.45, 2.75) is 10.6 Å². The number of benzene rings is 2. The Labute approximate surface area is 109 Å². The van der Waals surface area contributed by atoms with E-state index < -0.39 is 0 Å². The maximum absolute atomic E-state index is 13.0. The molecule has 0 spiro atoms. The van der Waals surface area contributed by atoms with Crippen molar-refractivity contribution in [1.82, 2.24) is 0 Å². The summed E-state index contributed by atoms with van der Waals surface area (Å²) in [4.78, 5) is 0.846. The van der Waals surface area contributed by atoms with Crippen LogP contribution in [0.5, 0.6) is 0 Å². The number of nitrogen functional groups attached to an aromatic ring is 1. The van der Waals surface area contributed by atoms with Gasteiger partial charge in [0.2, 0.25) is 0 Å². The molecule has 0 aliphatic heterocycles. The van der Waals surface area contributed by atoms with Gasteiger partial charge in [-0.3, -0.25) is 0 Å². The van der Waals surface area contributed by atoms with Gasteiger partial charge in [0.1, 0.15) is 5.82 Å². The Bertz CT molecular complexity index is 510. The zero-order valence-electron chi connectivity index (χ0n) is 8.99. The third-order valence-electron chi connectivity index (χ3n) is 2.27. The molecule has 4 heteroatoms. The molecule has 2 aromatic rings. The lowest BCUT2D eigenvalue weighted by molar-refractivity contribution is 0.626. The van der Waals surface area contributed by atoms with Gasteiger partial charge in [0.15, 0.2) is 0 Å². The van der Waals surface area contributed by atoms with Gasteiger partial charge in [0.05, 0.1) is 5.02 Å². The number of hydrogen-bond acceptors (Lipinski definition) is 2. The highest BCUT2D eigenvalue weighted by Crippen LogP contribution is 2.34. The van der Waals surface area contributed by atoms with Gasteiger partial charge < -0.3 is 5.73 Å². The van der Waals surface area contributed by atoms with Gasteiger partial charge >= 0.3 is 0 Å². The smallest absolute Gasteiger partial charge is 0.123 e. The van der Waals surface area contributed by atoms with Crippen LogP contribution in [0.1, 0.15) is 5.56 Å². The van der Waals surface area contributed by atoms with Crippen molar-refractivity contribution in [2.75, 3.05) is 5.73 Å². The molecule has 0 aliphatic rings. The predicted octanol–water partition coefficient (Wildman–Crippen LogP) is 4.35. The number of rotatable bonds is 3. The zero-order valence-corrected chi connectivity index (χ0v) is 10.6. The Kier molecular flexibility index (Phi) is 3.92. The van der Waals surface area contributed by atoms with E-state index in [-0.39, 0.29) is 5.82 Å². The van der Waals surface area contributed by atoms with Crippen LogP contribution in [0, 0.1) is 5.82 Å². The predicted molar refractivity (Wildman–Crippen MR) is 71.8 cm³/mol. The monoisotopic (exact) mass is 267 g/mol. The minimum Gasteiger partial charge on any atom is -0.398 e. The molecule has 0 bridgehead atoms. The minimum atomic E-state index is -0.227. The summed E-state index contributed by atoms with van der Waals surface area (Å²) in [7, 11) is 0. The lowest BCUT2D eigenvalue weighted by Crippen LogP contribution is -1.90. The molecule has 2 rings (SSSR count). The number of nitrogens with two attached hydrogens (primary N) is 1. The molecule has 1 nitrogen and oxygen atoms in total. The van der Waals surface area contributed by atoms with Crippen LogP contribution in [-0.2, 0) is 5.75 Å². The van der Waals surface area contributed by atoms with E-state index in [1.165, 1.54) is 23.9 Å². The van der Waals surface area contributed by atoms with E-state index in [2.05, 4.69) is 0 Å². The summed E-state index contributed by atoms with van der Waals surface area (Å²) < 4.78 is 13.0. The average molecular weight is 268 g/mol. The van der Waals surface area contributed by atoms with Crippen LogP contribution in [0.4, 0.5) is 10.1 Å². The highest BCUT2D eigenvalue weighted by molar-refractivity contribution is 7.98. The van der Waals surface area contributed by atoms with Crippen LogP contribution >= 0.6 is 23.4 Å². The van der Waals surface area contributed by atoms with Gasteiger partial charge in [0.25, 0.3) is 0 Å². The third kappa shape index (κ3) is 3.14. The summed E-state index contributed by atoms with van der Waals surface area (Å²) in [6.07, 6.45) is 0. The largest absolute Gasteiger partial charge is 0.398 e. The maximum atomic E-state index is 13.0. The van der Waals surface area contributed by atoms with Crippen molar-refractivity contribution in [3.63, 3.8) is 0 Å². The Hall–Kier alpha value is -1.19. The molecule has 2 N–H and O–H groups in total. The van der Waals surface area contributed by atoms with Crippen LogP contribution in [0.15, 0.2) is 47.4 Å². The molecule has 17 heavy (non-hydrogen) atoms. The number of halogens is 2. The summed E-state index contributed by atoms with van der Waals surface area (Å²) in [6, 6.07) is 11.9. The molecule has 0 heterocycles. The second kappa shape index (κ2) is 5.43. The number of hydrogen-bond donors (Lipinski definition) is 1. The summed E-state index contributed by atoms with van der Waals surface area (Å²) in [5.74, 6) is 0.418. The van der Waals surface area contributed by atoms with E-state index in [1.807, 2.05) is 12.1 Å². The van der Waals surface area contributed by atoms with Crippen molar-refractivity contribution >= 4 is 29.1 Å². The highest BCUT2D eigenvalue weighted by Gasteiger charge is 2.05. The molecule has 0 unspecified atom stereocenters. The Morgan fingerprint density at radius 1 is 1.18 bits per heavy atom. The molecule has 0 radical (unpaired) electrons. The Morgan fingerprint density at radius 2 is 1.94 bits per heavy atom. The van der Waals surface area contributed by atoms with Crippen LogP contribution in [-0.4, -0.2) is 0 Å². The molecular weight excluding hydrogens is 257 g/mol. The van der Waals surface area contributed by atoms with Crippen LogP contribution in [0.2, 0.25) is 5.02 Å². The first-order chi connectivity index (χ1) is 8.16. The molecule has 0 amide bonds. The van der Waals surface area contributed by atoms with Crippen molar-refractivity contribution in [3.05, 3.63) is 58.9 Å². The molecule has 88 valence electrons. The second-order valence-electron chi connectivity index (χ2n) is 3.58. The second-order valence-corrected chi connectivity index (χ2v) is 4.97. The normalized spacial score (nSPS) is 10.5. The van der Waals surface area contributed by atoms with Gasteiger partial charge in [-0.15, -0.1) is 11.8 Å². The van der Waals surface area contributed by atoms with E-state index in [1.54, 1.807) is 18.2 Å². The van der Waals surface area contributed by atoms with Gasteiger partial charge in [-0.25, -0.2) is 4.39 Å². The molecule has 0 saturated carbocycles. The topological polar surface area (TPSA) is 26.0 Å². The zero-order chi connectivity index (χ0) is 12.3. The van der Waals surface area contributed by atoms with E-state index in [4.69, 9.17) is 17.3 Å². The highest BCUT2D eigenvalue weighted by atomic mass is 35.5. The Morgan fingerprint density at radius 3 is 2.65 bits per heavy atom. The third-order valence-corrected chi connectivity index (χ3v) is 3.92. The standard InChI is InChI=1S/C13H11ClFNS/c14-11-5-2-6-12(16)13(11)17-8-9-3-1-4-10(15)7-9/h1-7H,8,16H2. The fraction of sp³-hybridized carbons (Fsp3) is 0.0769. The number of anilines is 1. The van der Waals surface area contributed by atoms with E-state index in [0.717, 1.165) is 10.5 Å². The SMILES string of the molecule is Nc1cccc(Cl)c1SCc1cccc(F)c1. The summed E-state index contributed by atoms with van der Waals surface area (Å²) in [5, 5.41) is 0.631. The lowest BCUT2D eigenvalue weighted by Gasteiger charge is -2.07. The lowest BCUT2D eigenvalue weighted by atomic mass is 10.2. The first-order valence-corrected chi connectivity index (χ1v) is 6.44. The molecule has 0 aromatic heterocycles. The van der Waals surface area contributed by atoms with Gasteiger partial charge in [-0.05, 0) is 29.8 Å². The molecule has 0 aliphatic carbocycles. The van der Waals surface area contributed by atoms with Crippen LogP contribution < -0.4 is 5.73 Å². The molecule has 0 fully saturated rings.